The van der Waals surface area contributed by atoms with Crippen molar-refractivity contribution in [2.45, 2.75) is 33.7 Å². The van der Waals surface area contributed by atoms with E-state index in [1.165, 1.54) is 0 Å². The van der Waals surface area contributed by atoms with Gasteiger partial charge in [0.05, 0.1) is 0 Å². The summed E-state index contributed by atoms with van der Waals surface area (Å²) in [5.41, 5.74) is 1.06. The van der Waals surface area contributed by atoms with Gasteiger partial charge in [0.15, 0.2) is 0 Å². The molecule has 0 unspecified atom stereocenters. The van der Waals surface area contributed by atoms with Gasteiger partial charge in [-0.2, -0.15) is 0 Å². The summed E-state index contributed by atoms with van der Waals surface area (Å²) >= 11 is 0. The maximum Gasteiger partial charge on any atom is 0.319 e. The maximum absolute atomic E-state index is 11.9. The Bertz CT molecular complexity index is 570. The van der Waals surface area contributed by atoms with Crippen LogP contribution in [0.1, 0.15) is 38.1 Å². The molecule has 0 radical (unpaired) electrons. The van der Waals surface area contributed by atoms with E-state index >= 15 is 0 Å². The molecule has 1 atom stereocenters. The van der Waals surface area contributed by atoms with Crippen LogP contribution in [0.15, 0.2) is 24.3 Å². The van der Waals surface area contributed by atoms with E-state index in [1.807, 2.05) is 20.8 Å². The molecule has 1 rings (SSSR count). The molecule has 0 aliphatic rings. The lowest BCUT2D eigenvalue weighted by atomic mass is 10.1. The Hall–Kier alpha value is -2.57. The van der Waals surface area contributed by atoms with Gasteiger partial charge in [-0.25, -0.2) is 4.79 Å². The summed E-state index contributed by atoms with van der Waals surface area (Å²) in [6.45, 7) is 8.57. The molecule has 0 heterocycles. The number of likely N-dealkylation sites (N-methyl/N-ethyl adjacent to an activating group) is 1. The van der Waals surface area contributed by atoms with Crippen LogP contribution in [-0.2, 0) is 4.79 Å². The van der Waals surface area contributed by atoms with E-state index in [0.717, 1.165) is 0 Å². The highest BCUT2D eigenvalue weighted by Crippen LogP contribution is 2.09. The molecule has 7 nitrogen and oxygen atoms in total. The SMILES string of the molecule is CCNC(=O)[C@@H](C)NC(=O)Nc1ccc(C(=O)NCC(C)C)cc1. The average Bonchev–Trinajstić information content (AvgIpc) is 2.53. The van der Waals surface area contributed by atoms with Crippen molar-refractivity contribution in [3.63, 3.8) is 0 Å². The molecule has 132 valence electrons. The van der Waals surface area contributed by atoms with Gasteiger partial charge in [-0.3, -0.25) is 9.59 Å². The summed E-state index contributed by atoms with van der Waals surface area (Å²) in [7, 11) is 0. The predicted molar refractivity (Wildman–Crippen MR) is 93.9 cm³/mol. The number of rotatable bonds is 7. The van der Waals surface area contributed by atoms with Gasteiger partial charge in [-0.05, 0) is 44.0 Å². The molecular weight excluding hydrogens is 308 g/mol. The second-order valence-corrected chi connectivity index (χ2v) is 5.90. The van der Waals surface area contributed by atoms with Crippen LogP contribution in [0.3, 0.4) is 0 Å². The number of benzene rings is 1. The van der Waals surface area contributed by atoms with Crippen molar-refractivity contribution < 1.29 is 14.4 Å². The van der Waals surface area contributed by atoms with Crippen LogP contribution >= 0.6 is 0 Å². The number of anilines is 1. The Kier molecular flexibility index (Phi) is 7.74. The van der Waals surface area contributed by atoms with Crippen molar-refractivity contribution in [1.29, 1.82) is 0 Å². The molecule has 0 bridgehead atoms. The number of nitrogens with one attached hydrogen (secondary N) is 4. The Morgan fingerprint density at radius 1 is 1.00 bits per heavy atom. The quantitative estimate of drug-likeness (QED) is 0.611. The van der Waals surface area contributed by atoms with E-state index in [9.17, 15) is 14.4 Å². The molecule has 0 saturated heterocycles. The lowest BCUT2D eigenvalue weighted by Crippen LogP contribution is -2.46. The lowest BCUT2D eigenvalue weighted by Gasteiger charge is -2.14. The van der Waals surface area contributed by atoms with Crippen molar-refractivity contribution in [2.24, 2.45) is 5.92 Å². The van der Waals surface area contributed by atoms with Gasteiger partial charge in [-0.15, -0.1) is 0 Å². The standard InChI is InChI=1S/C17H26N4O3/c1-5-18-15(22)12(4)20-17(24)21-14-8-6-13(7-9-14)16(23)19-10-11(2)3/h6-9,11-12H,5,10H2,1-4H3,(H,18,22)(H,19,23)(H2,20,21,24)/t12-/m1/s1. The summed E-state index contributed by atoms with van der Waals surface area (Å²) in [5, 5.41) is 10.6. The minimum absolute atomic E-state index is 0.149. The molecule has 4 N–H and O–H groups in total. The van der Waals surface area contributed by atoms with E-state index in [2.05, 4.69) is 21.3 Å². The second kappa shape index (κ2) is 9.54. The minimum Gasteiger partial charge on any atom is -0.355 e. The lowest BCUT2D eigenvalue weighted by molar-refractivity contribution is -0.122. The molecule has 1 aromatic rings. The number of amides is 4. The summed E-state index contributed by atoms with van der Waals surface area (Å²) < 4.78 is 0. The molecule has 0 aliphatic carbocycles. The Labute approximate surface area is 142 Å². The summed E-state index contributed by atoms with van der Waals surface area (Å²) in [6, 6.07) is 5.44. The summed E-state index contributed by atoms with van der Waals surface area (Å²) in [5.74, 6) is -0.0140. The van der Waals surface area contributed by atoms with Crippen LogP contribution in [0.5, 0.6) is 0 Å². The zero-order valence-electron chi connectivity index (χ0n) is 14.6. The monoisotopic (exact) mass is 334 g/mol. The van der Waals surface area contributed by atoms with Crippen molar-refractivity contribution in [3.05, 3.63) is 29.8 Å². The number of carbonyl (C=O) groups excluding carboxylic acids is 3. The fraction of sp³-hybridized carbons (Fsp3) is 0.471. The smallest absolute Gasteiger partial charge is 0.319 e. The van der Waals surface area contributed by atoms with Crippen molar-refractivity contribution in [1.82, 2.24) is 16.0 Å². The molecule has 0 aliphatic heterocycles. The van der Waals surface area contributed by atoms with Gasteiger partial charge in [0.25, 0.3) is 5.91 Å². The summed E-state index contributed by atoms with van der Waals surface area (Å²) in [4.78, 5) is 35.3. The first-order valence-electron chi connectivity index (χ1n) is 8.07. The van der Waals surface area contributed by atoms with E-state index in [4.69, 9.17) is 0 Å². The fourth-order valence-corrected chi connectivity index (χ4v) is 1.86. The van der Waals surface area contributed by atoms with Gasteiger partial charge in [0, 0.05) is 24.3 Å². The second-order valence-electron chi connectivity index (χ2n) is 5.90. The van der Waals surface area contributed by atoms with E-state index < -0.39 is 12.1 Å². The molecule has 24 heavy (non-hydrogen) atoms. The van der Waals surface area contributed by atoms with Crippen LogP contribution in [0, 0.1) is 5.92 Å². The maximum atomic E-state index is 11.9. The zero-order chi connectivity index (χ0) is 18.1. The highest BCUT2D eigenvalue weighted by molar-refractivity contribution is 5.96. The third kappa shape index (κ3) is 6.68. The third-order valence-corrected chi connectivity index (χ3v) is 3.17. The van der Waals surface area contributed by atoms with Crippen LogP contribution in [0.4, 0.5) is 10.5 Å². The van der Waals surface area contributed by atoms with Crippen LogP contribution < -0.4 is 21.3 Å². The first-order valence-corrected chi connectivity index (χ1v) is 8.07. The minimum atomic E-state index is -0.633. The Morgan fingerprint density at radius 3 is 2.17 bits per heavy atom. The van der Waals surface area contributed by atoms with Gasteiger partial charge in [0.2, 0.25) is 5.91 Å². The molecule has 1 aromatic carbocycles. The number of hydrogen-bond donors (Lipinski definition) is 4. The number of urea groups is 1. The fourth-order valence-electron chi connectivity index (χ4n) is 1.86. The highest BCUT2D eigenvalue weighted by Gasteiger charge is 2.14. The molecule has 0 saturated carbocycles. The largest absolute Gasteiger partial charge is 0.355 e. The van der Waals surface area contributed by atoms with Crippen molar-refractivity contribution >= 4 is 23.5 Å². The topological polar surface area (TPSA) is 99.3 Å². The van der Waals surface area contributed by atoms with Crippen LogP contribution in [0.25, 0.3) is 0 Å². The normalized spacial score (nSPS) is 11.5. The van der Waals surface area contributed by atoms with Gasteiger partial charge >= 0.3 is 6.03 Å². The Morgan fingerprint density at radius 2 is 1.62 bits per heavy atom. The van der Waals surface area contributed by atoms with Gasteiger partial charge in [0.1, 0.15) is 6.04 Å². The van der Waals surface area contributed by atoms with Crippen LogP contribution in [-0.4, -0.2) is 37.0 Å². The molecule has 0 fully saturated rings. The predicted octanol–water partition coefficient (Wildman–Crippen LogP) is 1.72. The van der Waals surface area contributed by atoms with E-state index in [-0.39, 0.29) is 11.8 Å². The van der Waals surface area contributed by atoms with E-state index in [0.29, 0.717) is 30.3 Å². The van der Waals surface area contributed by atoms with Gasteiger partial charge in [-0.1, -0.05) is 13.8 Å². The van der Waals surface area contributed by atoms with Crippen molar-refractivity contribution in [2.75, 3.05) is 18.4 Å². The van der Waals surface area contributed by atoms with E-state index in [1.54, 1.807) is 31.2 Å². The molecule has 0 spiro atoms. The van der Waals surface area contributed by atoms with Crippen LogP contribution in [0.2, 0.25) is 0 Å². The molecule has 4 amide bonds. The first-order chi connectivity index (χ1) is 11.3. The highest BCUT2D eigenvalue weighted by atomic mass is 16.2. The third-order valence-electron chi connectivity index (χ3n) is 3.17. The molecular formula is C17H26N4O3. The molecule has 0 aromatic heterocycles. The van der Waals surface area contributed by atoms with Gasteiger partial charge < -0.3 is 21.3 Å². The van der Waals surface area contributed by atoms with Crippen molar-refractivity contribution in [3.8, 4) is 0 Å². The molecule has 7 heteroatoms. The zero-order valence-corrected chi connectivity index (χ0v) is 14.6. The first kappa shape index (κ1) is 19.5. The Balaban J connectivity index is 2.53. The number of hydrogen-bond acceptors (Lipinski definition) is 3. The number of carbonyl (C=O) groups is 3. The average molecular weight is 334 g/mol. The summed E-state index contributed by atoms with van der Waals surface area (Å²) in [6.07, 6.45) is 0.